The molecule has 2 aliphatic rings. The second-order valence-electron chi connectivity index (χ2n) is 5.16. The minimum absolute atomic E-state index is 0.0423. The fraction of sp³-hybridized carbons (Fsp3) is 0.0588. The average Bonchev–Trinajstić information content (AvgIpc) is 2.88. The van der Waals surface area contributed by atoms with Gasteiger partial charge in [-0.25, -0.2) is 8.78 Å². The lowest BCUT2D eigenvalue weighted by Crippen LogP contribution is -2.15. The molecule has 4 rings (SSSR count). The standard InChI is InChI=1S/C17H10F2N2O3/c1-23-14-4-2-3-9-7-11-16(24-15(9)14)20-21(17(11)22)13-6-5-10(18)8-12(13)19/h2-8H,1H3. The van der Waals surface area contributed by atoms with Gasteiger partial charge in [0.2, 0.25) is 5.89 Å². The number of methoxy groups -OCH3 is 1. The summed E-state index contributed by atoms with van der Waals surface area (Å²) >= 11 is 0. The molecule has 0 fully saturated rings. The molecule has 0 bridgehead atoms. The van der Waals surface area contributed by atoms with Crippen molar-refractivity contribution in [2.75, 3.05) is 7.11 Å². The first-order valence-corrected chi connectivity index (χ1v) is 7.03. The van der Waals surface area contributed by atoms with Crippen molar-refractivity contribution in [3.05, 3.63) is 64.5 Å². The Labute approximate surface area is 134 Å². The highest BCUT2D eigenvalue weighted by atomic mass is 19.1. The molecule has 0 amide bonds. The third-order valence-electron chi connectivity index (χ3n) is 3.71. The number of ether oxygens (including phenoxy) is 1. The first-order chi connectivity index (χ1) is 11.6. The smallest absolute Gasteiger partial charge is 0.284 e. The number of hydrogen-bond acceptors (Lipinski definition) is 4. The molecule has 0 atom stereocenters. The van der Waals surface area contributed by atoms with E-state index in [1.54, 1.807) is 24.3 Å². The average molecular weight is 328 g/mol. The maximum atomic E-state index is 14.0. The quantitative estimate of drug-likeness (QED) is 0.566. The lowest BCUT2D eigenvalue weighted by atomic mass is 10.1. The molecule has 0 unspecified atom stereocenters. The Morgan fingerprint density at radius 2 is 2.00 bits per heavy atom. The van der Waals surface area contributed by atoms with Crippen molar-refractivity contribution in [2.45, 2.75) is 0 Å². The Morgan fingerprint density at radius 1 is 1.17 bits per heavy atom. The largest absolute Gasteiger partial charge is 0.493 e. The predicted octanol–water partition coefficient (Wildman–Crippen LogP) is 3.37. The molecule has 2 aromatic carbocycles. The van der Waals surface area contributed by atoms with Crippen molar-refractivity contribution in [2.24, 2.45) is 0 Å². The van der Waals surface area contributed by atoms with Gasteiger partial charge in [0.05, 0.1) is 7.11 Å². The number of para-hydroxylation sites is 1. The summed E-state index contributed by atoms with van der Waals surface area (Å²) in [6.45, 7) is 0. The Morgan fingerprint density at radius 3 is 2.75 bits per heavy atom. The van der Waals surface area contributed by atoms with Crippen LogP contribution in [0.3, 0.4) is 0 Å². The maximum Gasteiger partial charge on any atom is 0.284 e. The zero-order valence-corrected chi connectivity index (χ0v) is 12.4. The van der Waals surface area contributed by atoms with Gasteiger partial charge in [-0.05, 0) is 24.3 Å². The number of nitrogens with zero attached hydrogens (tertiary/aromatic N) is 2. The molecule has 0 aromatic heterocycles. The van der Waals surface area contributed by atoms with Crippen molar-refractivity contribution in [3.8, 4) is 22.9 Å². The van der Waals surface area contributed by atoms with Crippen LogP contribution >= 0.6 is 0 Å². The second kappa shape index (κ2) is 5.16. The van der Waals surface area contributed by atoms with Crippen LogP contribution in [0.25, 0.3) is 28.1 Å². The van der Waals surface area contributed by atoms with Gasteiger partial charge >= 0.3 is 0 Å². The van der Waals surface area contributed by atoms with E-state index in [9.17, 15) is 13.6 Å². The van der Waals surface area contributed by atoms with Crippen LogP contribution in [-0.4, -0.2) is 16.9 Å². The van der Waals surface area contributed by atoms with Crippen LogP contribution in [0, 0.1) is 11.6 Å². The molecule has 2 heterocycles. The van der Waals surface area contributed by atoms with E-state index in [-0.39, 0.29) is 17.1 Å². The molecule has 0 aliphatic carbocycles. The Bertz CT molecular complexity index is 1100. The fourth-order valence-corrected chi connectivity index (χ4v) is 2.58. The Balaban J connectivity index is 2.03. The molecule has 0 spiro atoms. The first kappa shape index (κ1) is 14.4. The molecule has 24 heavy (non-hydrogen) atoms. The first-order valence-electron chi connectivity index (χ1n) is 7.03. The number of rotatable bonds is 2. The Hall–Kier alpha value is -3.22. The lowest BCUT2D eigenvalue weighted by molar-refractivity contribution is 0.409. The summed E-state index contributed by atoms with van der Waals surface area (Å²) in [5, 5.41) is 4.67. The predicted molar refractivity (Wildman–Crippen MR) is 82.7 cm³/mol. The van der Waals surface area contributed by atoms with E-state index in [0.717, 1.165) is 16.8 Å². The topological polar surface area (TPSA) is 57.3 Å². The highest BCUT2D eigenvalue weighted by Crippen LogP contribution is 2.31. The normalized spacial score (nSPS) is 11.3. The van der Waals surface area contributed by atoms with Crippen LogP contribution in [0.4, 0.5) is 8.78 Å². The molecule has 5 nitrogen and oxygen atoms in total. The molecule has 7 heteroatoms. The molecule has 0 saturated carbocycles. The van der Waals surface area contributed by atoms with Crippen LogP contribution in [-0.2, 0) is 0 Å². The summed E-state index contributed by atoms with van der Waals surface area (Å²) in [5.74, 6) is -1.09. The van der Waals surface area contributed by atoms with Gasteiger partial charge in [-0.3, -0.25) is 4.79 Å². The summed E-state index contributed by atoms with van der Waals surface area (Å²) < 4.78 is 38.8. The van der Waals surface area contributed by atoms with Gasteiger partial charge in [-0.15, -0.1) is 5.10 Å². The van der Waals surface area contributed by atoms with Gasteiger partial charge in [0.25, 0.3) is 5.56 Å². The van der Waals surface area contributed by atoms with E-state index in [0.29, 0.717) is 22.8 Å². The number of fused-ring (bicyclic) bond motifs is 2. The van der Waals surface area contributed by atoms with Gasteiger partial charge in [-0.2, -0.15) is 4.68 Å². The van der Waals surface area contributed by atoms with Crippen molar-refractivity contribution >= 4 is 11.0 Å². The van der Waals surface area contributed by atoms with E-state index in [4.69, 9.17) is 9.15 Å². The highest BCUT2D eigenvalue weighted by molar-refractivity contribution is 5.86. The van der Waals surface area contributed by atoms with E-state index in [1.807, 2.05) is 0 Å². The Kier molecular flexibility index (Phi) is 3.09. The third-order valence-corrected chi connectivity index (χ3v) is 3.71. The van der Waals surface area contributed by atoms with Crippen molar-refractivity contribution in [1.29, 1.82) is 0 Å². The van der Waals surface area contributed by atoms with Crippen molar-refractivity contribution in [1.82, 2.24) is 9.78 Å². The molecular weight excluding hydrogens is 318 g/mol. The SMILES string of the molecule is COc1cccc2cc3c(=O)n(-c4ccc(F)cc4F)nc-3oc12. The molecule has 120 valence electrons. The van der Waals surface area contributed by atoms with Crippen molar-refractivity contribution in [3.63, 3.8) is 0 Å². The summed E-state index contributed by atoms with van der Waals surface area (Å²) in [6, 6.07) is 9.74. The molecule has 0 radical (unpaired) electrons. The van der Waals surface area contributed by atoms with Gasteiger partial charge in [-0.1, -0.05) is 12.1 Å². The number of aromatic nitrogens is 2. The van der Waals surface area contributed by atoms with Gasteiger partial charge in [0.1, 0.15) is 17.1 Å². The van der Waals surface area contributed by atoms with Crippen LogP contribution in [0.15, 0.2) is 51.7 Å². The number of hydrogen-bond donors (Lipinski definition) is 0. The molecular formula is C17H10F2N2O3. The summed E-state index contributed by atoms with van der Waals surface area (Å²) in [5.41, 5.74) is -0.0796. The summed E-state index contributed by atoms with van der Waals surface area (Å²) in [4.78, 5) is 12.5. The summed E-state index contributed by atoms with van der Waals surface area (Å²) in [7, 11) is 1.50. The van der Waals surface area contributed by atoms with E-state index in [2.05, 4.69) is 5.10 Å². The third kappa shape index (κ3) is 2.05. The molecule has 0 N–H and O–H groups in total. The monoisotopic (exact) mass is 328 g/mol. The van der Waals surface area contributed by atoms with Gasteiger partial charge in [0, 0.05) is 11.5 Å². The van der Waals surface area contributed by atoms with Crippen LogP contribution in [0.1, 0.15) is 0 Å². The molecule has 0 saturated heterocycles. The molecule has 2 aliphatic heterocycles. The van der Waals surface area contributed by atoms with E-state index < -0.39 is 17.2 Å². The van der Waals surface area contributed by atoms with E-state index in [1.165, 1.54) is 7.11 Å². The second-order valence-corrected chi connectivity index (χ2v) is 5.16. The fourth-order valence-electron chi connectivity index (χ4n) is 2.58. The number of benzene rings is 2. The zero-order valence-electron chi connectivity index (χ0n) is 12.4. The lowest BCUT2D eigenvalue weighted by Gasteiger charge is -2.04. The number of halogens is 2. The van der Waals surface area contributed by atoms with Gasteiger partial charge < -0.3 is 9.15 Å². The van der Waals surface area contributed by atoms with Crippen LogP contribution in [0.2, 0.25) is 0 Å². The van der Waals surface area contributed by atoms with Crippen LogP contribution in [0.5, 0.6) is 5.75 Å². The zero-order chi connectivity index (χ0) is 16.8. The highest BCUT2D eigenvalue weighted by Gasteiger charge is 2.22. The van der Waals surface area contributed by atoms with Crippen LogP contribution < -0.4 is 10.3 Å². The summed E-state index contributed by atoms with van der Waals surface area (Å²) in [6.07, 6.45) is 0. The van der Waals surface area contributed by atoms with E-state index >= 15 is 0 Å². The minimum Gasteiger partial charge on any atom is -0.493 e. The maximum absolute atomic E-state index is 14.0. The van der Waals surface area contributed by atoms with Crippen molar-refractivity contribution < 1.29 is 17.9 Å². The molecule has 2 aromatic rings. The minimum atomic E-state index is -0.887. The van der Waals surface area contributed by atoms with Gasteiger partial charge in [0.15, 0.2) is 17.1 Å².